The van der Waals surface area contributed by atoms with E-state index in [4.69, 9.17) is 4.98 Å². The number of aromatic nitrogens is 1. The third kappa shape index (κ3) is 4.28. The first-order valence-corrected chi connectivity index (χ1v) is 21.6. The van der Waals surface area contributed by atoms with Gasteiger partial charge in [0.1, 0.15) is 0 Å². The second-order valence-electron chi connectivity index (χ2n) is 12.6. The third-order valence-electron chi connectivity index (χ3n) is 7.81. The van der Waals surface area contributed by atoms with E-state index >= 15 is 0 Å². The van der Waals surface area contributed by atoms with Gasteiger partial charge in [0.05, 0.1) is 0 Å². The summed E-state index contributed by atoms with van der Waals surface area (Å²) in [5.41, 5.74) is 7.68. The van der Waals surface area contributed by atoms with Crippen LogP contribution in [0.5, 0.6) is 0 Å². The Labute approximate surface area is 232 Å². The van der Waals surface area contributed by atoms with Gasteiger partial charge in [-0.2, -0.15) is 0 Å². The second-order valence-corrected chi connectivity index (χ2v) is 24.2. The minimum atomic E-state index is -1.83. The van der Waals surface area contributed by atoms with Gasteiger partial charge in [-0.25, -0.2) is 0 Å². The van der Waals surface area contributed by atoms with Gasteiger partial charge in [0, 0.05) is 0 Å². The molecule has 0 amide bonds. The molecular formula is C35H35GeNS. The van der Waals surface area contributed by atoms with E-state index in [9.17, 15) is 0 Å². The first-order chi connectivity index (χ1) is 18.0. The molecular weight excluding hydrogens is 539 g/mol. The molecule has 0 fully saturated rings. The van der Waals surface area contributed by atoms with Gasteiger partial charge < -0.3 is 0 Å². The van der Waals surface area contributed by atoms with E-state index in [0.29, 0.717) is 0 Å². The predicted octanol–water partition coefficient (Wildman–Crippen LogP) is 10.1. The number of rotatable bonds is 3. The zero-order valence-electron chi connectivity index (χ0n) is 23.4. The number of hydrogen-bond acceptors (Lipinski definition) is 2. The molecule has 1 nitrogen and oxygen atoms in total. The Bertz CT molecular complexity index is 1830. The molecule has 38 heavy (non-hydrogen) atoms. The summed E-state index contributed by atoms with van der Waals surface area (Å²) in [7, 11) is 0. The first kappa shape index (κ1) is 25.3. The molecule has 0 N–H and O–H groups in total. The Morgan fingerprint density at radius 1 is 0.711 bits per heavy atom. The van der Waals surface area contributed by atoms with Gasteiger partial charge in [-0.15, -0.1) is 0 Å². The molecule has 6 rings (SSSR count). The van der Waals surface area contributed by atoms with Crippen molar-refractivity contribution < 1.29 is 0 Å². The van der Waals surface area contributed by atoms with Gasteiger partial charge in [-0.1, -0.05) is 45.0 Å². The summed E-state index contributed by atoms with van der Waals surface area (Å²) < 4.78 is 4.19. The molecule has 0 bridgehead atoms. The van der Waals surface area contributed by atoms with Gasteiger partial charge in [-0.3, -0.25) is 0 Å². The van der Waals surface area contributed by atoms with E-state index in [-0.39, 0.29) is 5.41 Å². The second kappa shape index (κ2) is 9.07. The molecule has 0 aliphatic rings. The van der Waals surface area contributed by atoms with Gasteiger partial charge in [0.2, 0.25) is 0 Å². The zero-order chi connectivity index (χ0) is 26.8. The van der Waals surface area contributed by atoms with E-state index in [1.807, 2.05) is 17.5 Å². The SMILES string of the molecule is Cc1c(-c2cc[c]([Ge]([CH3])([CH3])[CH3])cc2)ccc2c1sc1c(-c3cc(C(C)(C)C)c4ccccc4c3)nccc12. The van der Waals surface area contributed by atoms with Gasteiger partial charge in [0.25, 0.3) is 0 Å². The first-order valence-electron chi connectivity index (χ1n) is 13.5. The average molecular weight is 574 g/mol. The molecule has 0 aliphatic heterocycles. The van der Waals surface area contributed by atoms with Crippen LogP contribution in [0.15, 0.2) is 85.1 Å². The summed E-state index contributed by atoms with van der Waals surface area (Å²) in [4.78, 5) is 4.96. The number of nitrogens with zero attached hydrogens (tertiary/aromatic N) is 1. The number of thiophene rings is 1. The Morgan fingerprint density at radius 3 is 2.13 bits per heavy atom. The maximum absolute atomic E-state index is 4.96. The van der Waals surface area contributed by atoms with Gasteiger partial charge in [0.15, 0.2) is 0 Å². The topological polar surface area (TPSA) is 12.9 Å². The number of pyridine rings is 1. The number of fused-ring (bicyclic) bond motifs is 4. The average Bonchev–Trinajstić information content (AvgIpc) is 3.27. The van der Waals surface area contributed by atoms with Crippen molar-refractivity contribution in [3.63, 3.8) is 0 Å². The van der Waals surface area contributed by atoms with Crippen LogP contribution in [-0.2, 0) is 5.41 Å². The summed E-state index contributed by atoms with van der Waals surface area (Å²) in [6, 6.07) is 29.6. The van der Waals surface area contributed by atoms with Crippen molar-refractivity contribution in [3.8, 4) is 22.4 Å². The molecule has 2 aromatic heterocycles. The molecule has 190 valence electrons. The number of aryl methyl sites for hydroxylation is 1. The Balaban J connectivity index is 1.55. The molecule has 2 heterocycles. The molecule has 0 unspecified atom stereocenters. The minimum absolute atomic E-state index is 0.0427. The van der Waals surface area contributed by atoms with E-state index in [0.717, 1.165) is 5.69 Å². The fourth-order valence-corrected chi connectivity index (χ4v) is 9.40. The molecule has 0 radical (unpaired) electrons. The fraction of sp³-hybridized carbons (Fsp3) is 0.229. The van der Waals surface area contributed by atoms with Crippen LogP contribution in [0.4, 0.5) is 0 Å². The Kier molecular flexibility index (Phi) is 6.05. The Hall–Kier alpha value is -2.95. The van der Waals surface area contributed by atoms with Gasteiger partial charge >= 0.3 is 167 Å². The van der Waals surface area contributed by atoms with E-state index in [1.54, 1.807) is 4.40 Å². The van der Waals surface area contributed by atoms with Crippen LogP contribution in [0.3, 0.4) is 0 Å². The van der Waals surface area contributed by atoms with Crippen LogP contribution < -0.4 is 4.40 Å². The molecule has 0 saturated carbocycles. The van der Waals surface area contributed by atoms with Crippen molar-refractivity contribution >= 4 is 59.9 Å². The van der Waals surface area contributed by atoms with Crippen molar-refractivity contribution in [1.29, 1.82) is 0 Å². The van der Waals surface area contributed by atoms with Crippen LogP contribution in [0, 0.1) is 6.92 Å². The van der Waals surface area contributed by atoms with E-state index < -0.39 is 13.3 Å². The number of benzene rings is 4. The van der Waals surface area contributed by atoms with Crippen molar-refractivity contribution in [2.75, 3.05) is 0 Å². The summed E-state index contributed by atoms with van der Waals surface area (Å²) in [5.74, 6) is 7.36. The van der Waals surface area contributed by atoms with Crippen LogP contribution in [0.1, 0.15) is 31.9 Å². The summed E-state index contributed by atoms with van der Waals surface area (Å²) in [6.07, 6.45) is 1.98. The van der Waals surface area contributed by atoms with Crippen LogP contribution in [0.25, 0.3) is 53.3 Å². The molecule has 0 spiro atoms. The zero-order valence-corrected chi connectivity index (χ0v) is 26.4. The van der Waals surface area contributed by atoms with Crippen molar-refractivity contribution in [3.05, 3.63) is 96.2 Å². The quantitative estimate of drug-likeness (QED) is 0.192. The van der Waals surface area contributed by atoms with E-state index in [2.05, 4.69) is 124 Å². The number of hydrogen-bond donors (Lipinski definition) is 0. The molecule has 0 saturated heterocycles. The normalized spacial score (nSPS) is 12.6. The summed E-state index contributed by atoms with van der Waals surface area (Å²) in [5, 5.41) is 5.23. The third-order valence-corrected chi connectivity index (χ3v) is 13.5. The van der Waals surface area contributed by atoms with Crippen LogP contribution in [-0.4, -0.2) is 18.3 Å². The van der Waals surface area contributed by atoms with Crippen molar-refractivity contribution in [2.45, 2.75) is 50.4 Å². The molecule has 0 atom stereocenters. The Morgan fingerprint density at radius 2 is 1.42 bits per heavy atom. The summed E-state index contributed by atoms with van der Waals surface area (Å²) in [6.45, 7) is 9.18. The summed E-state index contributed by atoms with van der Waals surface area (Å²) >= 11 is 0.0640. The predicted molar refractivity (Wildman–Crippen MR) is 172 cm³/mol. The molecule has 3 heteroatoms. The monoisotopic (exact) mass is 575 g/mol. The molecule has 0 aliphatic carbocycles. The maximum atomic E-state index is 4.96. The fourth-order valence-electron chi connectivity index (χ4n) is 5.64. The van der Waals surface area contributed by atoms with Crippen molar-refractivity contribution in [2.24, 2.45) is 0 Å². The van der Waals surface area contributed by atoms with Crippen molar-refractivity contribution in [1.82, 2.24) is 4.98 Å². The van der Waals surface area contributed by atoms with E-state index in [1.165, 1.54) is 58.8 Å². The molecule has 6 aromatic rings. The standard InChI is InChI=1S/C35H35GeNS/c1-22-27(23-12-14-26(15-13-23)36(5,6)7)16-17-29-30-18-19-37-32(34(30)38-33(22)29)25-20-24-10-8-9-11-28(24)31(21-25)35(2,3)4/h8-21H,1-7H3. The van der Waals surface area contributed by atoms with Gasteiger partial charge in [-0.05, 0) is 21.8 Å². The molecule has 4 aromatic carbocycles. The van der Waals surface area contributed by atoms with Crippen LogP contribution >= 0.6 is 11.3 Å². The van der Waals surface area contributed by atoms with Crippen LogP contribution in [0.2, 0.25) is 17.3 Å².